The van der Waals surface area contributed by atoms with Crippen LogP contribution in [-0.2, 0) is 11.3 Å². The molecule has 0 radical (unpaired) electrons. The first-order valence-electron chi connectivity index (χ1n) is 7.68. The Balaban J connectivity index is 1.52. The van der Waals surface area contributed by atoms with Crippen molar-refractivity contribution >= 4 is 11.7 Å². The van der Waals surface area contributed by atoms with Crippen LogP contribution in [0.2, 0.25) is 0 Å². The summed E-state index contributed by atoms with van der Waals surface area (Å²) in [6.07, 6.45) is 0.943. The van der Waals surface area contributed by atoms with Crippen LogP contribution in [-0.4, -0.2) is 48.4 Å². The van der Waals surface area contributed by atoms with Crippen molar-refractivity contribution < 1.29 is 23.8 Å². The Hall–Kier alpha value is -2.51. The van der Waals surface area contributed by atoms with Crippen LogP contribution in [0.1, 0.15) is 5.76 Å². The number of aliphatic hydroxyl groups is 1. The van der Waals surface area contributed by atoms with Gasteiger partial charge in [-0.25, -0.2) is 4.79 Å². The number of urea groups is 1. The maximum Gasteiger partial charge on any atom is 0.322 e. The zero-order chi connectivity index (χ0) is 16.9. The number of benzene rings is 1. The molecule has 7 heteroatoms. The first-order valence-corrected chi connectivity index (χ1v) is 7.68. The van der Waals surface area contributed by atoms with Gasteiger partial charge in [-0.05, 0) is 36.4 Å². The highest BCUT2D eigenvalue weighted by Crippen LogP contribution is 2.18. The molecule has 1 fully saturated rings. The largest absolute Gasteiger partial charge is 0.486 e. The van der Waals surface area contributed by atoms with Crippen molar-refractivity contribution in [3.63, 3.8) is 0 Å². The van der Waals surface area contributed by atoms with E-state index in [4.69, 9.17) is 13.9 Å². The van der Waals surface area contributed by atoms with Gasteiger partial charge >= 0.3 is 6.03 Å². The molecule has 1 aromatic carbocycles. The van der Waals surface area contributed by atoms with Crippen molar-refractivity contribution in [2.24, 2.45) is 0 Å². The Morgan fingerprint density at radius 3 is 2.75 bits per heavy atom. The molecule has 3 rings (SSSR count). The summed E-state index contributed by atoms with van der Waals surface area (Å²) in [6, 6.07) is 10.1. The summed E-state index contributed by atoms with van der Waals surface area (Å²) in [5.74, 6) is 1.42. The summed E-state index contributed by atoms with van der Waals surface area (Å²) in [7, 11) is 1.64. The second-order valence-electron chi connectivity index (χ2n) is 5.61. The quantitative estimate of drug-likeness (QED) is 0.876. The fraction of sp³-hybridized carbons (Fsp3) is 0.353. The average molecular weight is 332 g/mol. The number of amides is 2. The van der Waals surface area contributed by atoms with E-state index in [-0.39, 0.29) is 18.7 Å². The molecule has 0 bridgehead atoms. The molecule has 2 heterocycles. The molecule has 2 aromatic rings. The number of carbonyl (C=O) groups excluding carboxylic acids is 1. The number of anilines is 1. The van der Waals surface area contributed by atoms with Gasteiger partial charge in [-0.1, -0.05) is 0 Å². The van der Waals surface area contributed by atoms with Gasteiger partial charge in [0.15, 0.2) is 0 Å². The molecule has 2 amide bonds. The van der Waals surface area contributed by atoms with E-state index in [1.807, 2.05) is 6.07 Å². The van der Waals surface area contributed by atoms with Gasteiger partial charge in [0.2, 0.25) is 0 Å². The molecule has 7 nitrogen and oxygen atoms in total. The van der Waals surface area contributed by atoms with Crippen molar-refractivity contribution in [2.45, 2.75) is 18.8 Å². The maximum absolute atomic E-state index is 12.2. The Labute approximate surface area is 139 Å². The van der Waals surface area contributed by atoms with E-state index in [2.05, 4.69) is 5.32 Å². The molecule has 0 spiro atoms. The van der Waals surface area contributed by atoms with Gasteiger partial charge in [-0.3, -0.25) is 0 Å². The Bertz CT molecular complexity index is 656. The summed E-state index contributed by atoms with van der Waals surface area (Å²) in [5, 5.41) is 12.6. The van der Waals surface area contributed by atoms with Crippen LogP contribution in [0.3, 0.4) is 0 Å². The van der Waals surface area contributed by atoms with Crippen LogP contribution in [0.4, 0.5) is 10.5 Å². The number of carbonyl (C=O) groups is 1. The van der Waals surface area contributed by atoms with Gasteiger partial charge in [0.25, 0.3) is 0 Å². The molecule has 1 aliphatic heterocycles. The molecule has 2 N–H and O–H groups in total. The van der Waals surface area contributed by atoms with Crippen molar-refractivity contribution in [1.29, 1.82) is 0 Å². The number of likely N-dealkylation sites (N-methyl/N-ethyl adjacent to an activating group) is 1. The molecule has 128 valence electrons. The maximum atomic E-state index is 12.2. The Morgan fingerprint density at radius 1 is 1.33 bits per heavy atom. The average Bonchev–Trinajstić information content (AvgIpc) is 3.25. The monoisotopic (exact) mass is 332 g/mol. The van der Waals surface area contributed by atoms with E-state index in [1.54, 1.807) is 43.6 Å². The third kappa shape index (κ3) is 3.87. The zero-order valence-corrected chi connectivity index (χ0v) is 13.3. The van der Waals surface area contributed by atoms with Crippen molar-refractivity contribution in [2.75, 3.05) is 25.6 Å². The van der Waals surface area contributed by atoms with Crippen molar-refractivity contribution in [1.82, 2.24) is 4.90 Å². The number of furan rings is 1. The van der Waals surface area contributed by atoms with Crippen molar-refractivity contribution in [3.8, 4) is 5.75 Å². The number of nitrogens with one attached hydrogen (secondary N) is 1. The van der Waals surface area contributed by atoms with Crippen LogP contribution < -0.4 is 10.1 Å². The van der Waals surface area contributed by atoms with Crippen LogP contribution in [0.25, 0.3) is 0 Å². The topological polar surface area (TPSA) is 84.2 Å². The third-order valence-corrected chi connectivity index (χ3v) is 3.91. The second kappa shape index (κ2) is 7.37. The van der Waals surface area contributed by atoms with E-state index in [1.165, 1.54) is 4.90 Å². The highest BCUT2D eigenvalue weighted by atomic mass is 16.5. The summed E-state index contributed by atoms with van der Waals surface area (Å²) in [5.41, 5.74) is 0.644. The molecule has 0 unspecified atom stereocenters. The molecule has 1 aromatic heterocycles. The lowest BCUT2D eigenvalue weighted by molar-refractivity contribution is 0.106. The lowest BCUT2D eigenvalue weighted by Crippen LogP contribution is -2.45. The predicted molar refractivity (Wildman–Crippen MR) is 86.9 cm³/mol. The van der Waals surface area contributed by atoms with Gasteiger partial charge in [0.05, 0.1) is 31.6 Å². The van der Waals surface area contributed by atoms with Gasteiger partial charge in [0.1, 0.15) is 18.1 Å². The minimum atomic E-state index is -0.655. The van der Waals surface area contributed by atoms with Crippen LogP contribution in [0.15, 0.2) is 47.1 Å². The van der Waals surface area contributed by atoms with Crippen LogP contribution in [0, 0.1) is 0 Å². The minimum Gasteiger partial charge on any atom is -0.486 e. The SMILES string of the molecule is CN(C(=O)Nc1ccc(OCc2ccco2)cc1)[C@H]1COC[C@@H]1O. The molecule has 0 saturated carbocycles. The third-order valence-electron chi connectivity index (χ3n) is 3.91. The van der Waals surface area contributed by atoms with E-state index in [0.717, 1.165) is 5.76 Å². The van der Waals surface area contributed by atoms with Gasteiger partial charge < -0.3 is 29.2 Å². The normalized spacial score (nSPS) is 19.9. The predicted octanol–water partition coefficient (Wildman–Crippen LogP) is 2.08. The summed E-state index contributed by atoms with van der Waals surface area (Å²) in [6.45, 7) is 0.940. The lowest BCUT2D eigenvalue weighted by Gasteiger charge is -2.25. The summed E-state index contributed by atoms with van der Waals surface area (Å²) < 4.78 is 16.0. The molecule has 1 saturated heterocycles. The number of nitrogens with zero attached hydrogens (tertiary/aromatic N) is 1. The standard InChI is InChI=1S/C17H20N2O5/c1-19(15-10-22-11-16(15)20)17(21)18-12-4-6-13(7-5-12)24-9-14-3-2-8-23-14/h2-8,15-16,20H,9-11H2,1H3,(H,18,21)/t15-,16-/m0/s1. The van der Waals surface area contributed by atoms with E-state index >= 15 is 0 Å². The minimum absolute atomic E-state index is 0.254. The van der Waals surface area contributed by atoms with Gasteiger partial charge in [0, 0.05) is 12.7 Å². The molecule has 1 aliphatic rings. The fourth-order valence-corrected chi connectivity index (χ4v) is 2.45. The number of hydrogen-bond acceptors (Lipinski definition) is 5. The van der Waals surface area contributed by atoms with Crippen LogP contribution >= 0.6 is 0 Å². The zero-order valence-electron chi connectivity index (χ0n) is 13.3. The van der Waals surface area contributed by atoms with Crippen molar-refractivity contribution in [3.05, 3.63) is 48.4 Å². The Kier molecular flexibility index (Phi) is 5.02. The lowest BCUT2D eigenvalue weighted by atomic mass is 10.2. The molecular formula is C17H20N2O5. The highest BCUT2D eigenvalue weighted by Gasteiger charge is 2.32. The molecule has 0 aliphatic carbocycles. The smallest absolute Gasteiger partial charge is 0.322 e. The number of ether oxygens (including phenoxy) is 2. The highest BCUT2D eigenvalue weighted by molar-refractivity contribution is 5.89. The van der Waals surface area contributed by atoms with Gasteiger partial charge in [-0.2, -0.15) is 0 Å². The number of hydrogen-bond donors (Lipinski definition) is 2. The number of aliphatic hydroxyl groups excluding tert-OH is 1. The second-order valence-corrected chi connectivity index (χ2v) is 5.61. The Morgan fingerprint density at radius 2 is 2.12 bits per heavy atom. The number of rotatable bonds is 5. The van der Waals surface area contributed by atoms with E-state index in [9.17, 15) is 9.90 Å². The van der Waals surface area contributed by atoms with E-state index in [0.29, 0.717) is 24.7 Å². The summed E-state index contributed by atoms with van der Waals surface area (Å²) in [4.78, 5) is 13.7. The fourth-order valence-electron chi connectivity index (χ4n) is 2.45. The first kappa shape index (κ1) is 16.4. The first-order chi connectivity index (χ1) is 11.6. The molecular weight excluding hydrogens is 312 g/mol. The van der Waals surface area contributed by atoms with E-state index < -0.39 is 6.10 Å². The van der Waals surface area contributed by atoms with Gasteiger partial charge in [-0.15, -0.1) is 0 Å². The molecule has 24 heavy (non-hydrogen) atoms. The molecule has 2 atom stereocenters. The summed E-state index contributed by atoms with van der Waals surface area (Å²) >= 11 is 0. The van der Waals surface area contributed by atoms with Crippen LogP contribution in [0.5, 0.6) is 5.75 Å².